The highest BCUT2D eigenvalue weighted by molar-refractivity contribution is 6.30. The number of anilines is 1. The molecule has 23 heavy (non-hydrogen) atoms. The van der Waals surface area contributed by atoms with E-state index in [1.165, 1.54) is 11.1 Å². The second kappa shape index (κ2) is 6.06. The topological polar surface area (TPSA) is 30.5 Å². The summed E-state index contributed by atoms with van der Waals surface area (Å²) in [5.41, 5.74) is 3.47. The molecule has 1 saturated heterocycles. The maximum absolute atomic E-state index is 6.21. The second-order valence-electron chi connectivity index (χ2n) is 6.19. The van der Waals surface area contributed by atoms with E-state index in [1.54, 1.807) is 7.11 Å². The summed E-state index contributed by atoms with van der Waals surface area (Å²) in [6.07, 6.45) is 2.31. The SMILES string of the molecule is COc1ccccc1C1Nc2ccc(Cl)cc2[C@H]2OCCC[C@@H]12. The molecule has 0 radical (unpaired) electrons. The van der Waals surface area contributed by atoms with Crippen LogP contribution >= 0.6 is 11.6 Å². The van der Waals surface area contributed by atoms with Crippen molar-refractivity contribution >= 4 is 17.3 Å². The Bertz CT molecular complexity index is 718. The highest BCUT2D eigenvalue weighted by atomic mass is 35.5. The average molecular weight is 330 g/mol. The van der Waals surface area contributed by atoms with Crippen LogP contribution in [-0.4, -0.2) is 13.7 Å². The largest absolute Gasteiger partial charge is 0.496 e. The summed E-state index contributed by atoms with van der Waals surface area (Å²) >= 11 is 6.21. The molecule has 3 nitrogen and oxygen atoms in total. The van der Waals surface area contributed by atoms with Gasteiger partial charge in [-0.25, -0.2) is 0 Å². The molecule has 2 aliphatic heterocycles. The van der Waals surface area contributed by atoms with Gasteiger partial charge in [-0.15, -0.1) is 0 Å². The molecule has 0 aliphatic carbocycles. The van der Waals surface area contributed by atoms with Gasteiger partial charge in [-0.1, -0.05) is 29.8 Å². The Labute approximate surface area is 141 Å². The van der Waals surface area contributed by atoms with Gasteiger partial charge in [0.1, 0.15) is 5.75 Å². The van der Waals surface area contributed by atoms with Gasteiger partial charge in [0.2, 0.25) is 0 Å². The number of ether oxygens (including phenoxy) is 2. The van der Waals surface area contributed by atoms with Crippen molar-refractivity contribution in [3.8, 4) is 5.75 Å². The van der Waals surface area contributed by atoms with Crippen molar-refractivity contribution in [1.29, 1.82) is 0 Å². The minimum absolute atomic E-state index is 0.0913. The van der Waals surface area contributed by atoms with Crippen molar-refractivity contribution in [2.45, 2.75) is 25.0 Å². The summed E-state index contributed by atoms with van der Waals surface area (Å²) in [5, 5.41) is 4.45. The first kappa shape index (κ1) is 14.9. The minimum Gasteiger partial charge on any atom is -0.496 e. The molecule has 1 fully saturated rings. The van der Waals surface area contributed by atoms with Crippen molar-refractivity contribution < 1.29 is 9.47 Å². The lowest BCUT2D eigenvalue weighted by Crippen LogP contribution is -2.36. The number of halogens is 1. The molecule has 2 heterocycles. The zero-order valence-corrected chi connectivity index (χ0v) is 13.8. The Morgan fingerprint density at radius 3 is 2.91 bits per heavy atom. The first-order chi connectivity index (χ1) is 11.3. The van der Waals surface area contributed by atoms with Crippen molar-refractivity contribution in [3.05, 3.63) is 58.6 Å². The van der Waals surface area contributed by atoms with Gasteiger partial charge in [-0.3, -0.25) is 0 Å². The number of hydrogen-bond acceptors (Lipinski definition) is 3. The summed E-state index contributed by atoms with van der Waals surface area (Å²) in [6.45, 7) is 0.811. The zero-order valence-electron chi connectivity index (χ0n) is 13.1. The normalized spacial score (nSPS) is 25.9. The number of para-hydroxylation sites is 1. The fraction of sp³-hybridized carbons (Fsp3) is 0.368. The molecule has 0 aromatic heterocycles. The number of benzene rings is 2. The maximum Gasteiger partial charge on any atom is 0.124 e. The summed E-state index contributed by atoms with van der Waals surface area (Å²) < 4.78 is 11.7. The molecule has 2 aromatic carbocycles. The zero-order chi connectivity index (χ0) is 15.8. The molecule has 4 rings (SSSR count). The molecule has 2 aromatic rings. The van der Waals surface area contributed by atoms with E-state index in [4.69, 9.17) is 21.1 Å². The first-order valence-corrected chi connectivity index (χ1v) is 8.46. The van der Waals surface area contributed by atoms with Crippen LogP contribution in [0.5, 0.6) is 5.75 Å². The summed E-state index contributed by atoms with van der Waals surface area (Å²) in [6, 6.07) is 14.4. The second-order valence-corrected chi connectivity index (χ2v) is 6.63. The van der Waals surface area contributed by atoms with E-state index in [1.807, 2.05) is 30.3 Å². The lowest BCUT2D eigenvalue weighted by Gasteiger charge is -2.43. The van der Waals surface area contributed by atoms with E-state index >= 15 is 0 Å². The van der Waals surface area contributed by atoms with Crippen LogP contribution in [0.1, 0.15) is 36.1 Å². The predicted octanol–water partition coefficient (Wildman–Crippen LogP) is 4.98. The quantitative estimate of drug-likeness (QED) is 0.842. The van der Waals surface area contributed by atoms with Crippen molar-refractivity contribution in [3.63, 3.8) is 0 Å². The fourth-order valence-corrected chi connectivity index (χ4v) is 4.05. The van der Waals surface area contributed by atoms with Crippen LogP contribution < -0.4 is 10.1 Å². The summed E-state index contributed by atoms with van der Waals surface area (Å²) in [7, 11) is 1.73. The van der Waals surface area contributed by atoms with Gasteiger partial charge < -0.3 is 14.8 Å². The Hall–Kier alpha value is -1.71. The van der Waals surface area contributed by atoms with Gasteiger partial charge in [-0.05, 0) is 37.1 Å². The van der Waals surface area contributed by atoms with Crippen molar-refractivity contribution in [2.24, 2.45) is 5.92 Å². The van der Waals surface area contributed by atoms with E-state index in [9.17, 15) is 0 Å². The molecular weight excluding hydrogens is 310 g/mol. The van der Waals surface area contributed by atoms with E-state index in [-0.39, 0.29) is 12.1 Å². The highest BCUT2D eigenvalue weighted by Crippen LogP contribution is 2.50. The van der Waals surface area contributed by atoms with E-state index < -0.39 is 0 Å². The number of nitrogens with one attached hydrogen (secondary N) is 1. The number of methoxy groups -OCH3 is 1. The average Bonchev–Trinajstić information content (AvgIpc) is 2.61. The molecule has 4 heteroatoms. The molecule has 0 bridgehead atoms. The molecule has 1 N–H and O–H groups in total. The molecule has 0 amide bonds. The lowest BCUT2D eigenvalue weighted by molar-refractivity contribution is -0.0383. The van der Waals surface area contributed by atoms with E-state index in [0.717, 1.165) is 35.9 Å². The third-order valence-electron chi connectivity index (χ3n) is 4.90. The van der Waals surface area contributed by atoms with Crippen molar-refractivity contribution in [1.82, 2.24) is 0 Å². The van der Waals surface area contributed by atoms with Gasteiger partial charge >= 0.3 is 0 Å². The maximum atomic E-state index is 6.21. The monoisotopic (exact) mass is 329 g/mol. The van der Waals surface area contributed by atoms with E-state index in [2.05, 4.69) is 17.4 Å². The van der Waals surface area contributed by atoms with Gasteiger partial charge in [0.25, 0.3) is 0 Å². The molecule has 120 valence electrons. The van der Waals surface area contributed by atoms with E-state index in [0.29, 0.717) is 5.92 Å². The van der Waals surface area contributed by atoms with Gasteiger partial charge in [0.15, 0.2) is 0 Å². The van der Waals surface area contributed by atoms with Gasteiger partial charge in [0.05, 0.1) is 19.3 Å². The van der Waals surface area contributed by atoms with Gasteiger partial charge in [0, 0.05) is 34.4 Å². The van der Waals surface area contributed by atoms with Crippen LogP contribution in [0.25, 0.3) is 0 Å². The molecular formula is C19H20ClNO2. The number of fused-ring (bicyclic) bond motifs is 3. The van der Waals surface area contributed by atoms with Crippen LogP contribution in [0.2, 0.25) is 5.02 Å². The highest BCUT2D eigenvalue weighted by Gasteiger charge is 2.40. The molecule has 0 spiro atoms. The van der Waals surface area contributed by atoms with Crippen LogP contribution in [0, 0.1) is 5.92 Å². The summed E-state index contributed by atoms with van der Waals surface area (Å²) in [4.78, 5) is 0. The molecule has 1 unspecified atom stereocenters. The molecule has 2 aliphatic rings. The number of rotatable bonds is 2. The summed E-state index contributed by atoms with van der Waals surface area (Å²) in [5.74, 6) is 1.30. The Morgan fingerprint density at radius 1 is 1.17 bits per heavy atom. The Kier molecular flexibility index (Phi) is 3.92. The third kappa shape index (κ3) is 2.58. The standard InChI is InChI=1S/C19H20ClNO2/c1-22-17-7-3-2-5-13(17)18-14-6-4-10-23-19(14)15-11-12(20)8-9-16(15)21-18/h2-3,5,7-9,11,14,18-19,21H,4,6,10H2,1H3/t14-,18?,19-/m0/s1. The smallest absolute Gasteiger partial charge is 0.124 e. The number of hydrogen-bond donors (Lipinski definition) is 1. The Morgan fingerprint density at radius 2 is 2.04 bits per heavy atom. The van der Waals surface area contributed by atoms with Crippen LogP contribution in [0.4, 0.5) is 5.69 Å². The van der Waals surface area contributed by atoms with Crippen LogP contribution in [0.3, 0.4) is 0 Å². The predicted molar refractivity (Wildman–Crippen MR) is 92.2 cm³/mol. The first-order valence-electron chi connectivity index (χ1n) is 8.08. The fourth-order valence-electron chi connectivity index (χ4n) is 3.87. The van der Waals surface area contributed by atoms with Gasteiger partial charge in [-0.2, -0.15) is 0 Å². The van der Waals surface area contributed by atoms with Crippen LogP contribution in [0.15, 0.2) is 42.5 Å². The van der Waals surface area contributed by atoms with Crippen LogP contribution in [-0.2, 0) is 4.74 Å². The molecule has 3 atom stereocenters. The molecule has 0 saturated carbocycles. The third-order valence-corrected chi connectivity index (χ3v) is 5.14. The van der Waals surface area contributed by atoms with Crippen molar-refractivity contribution in [2.75, 3.05) is 19.0 Å². The lowest BCUT2D eigenvalue weighted by atomic mass is 9.77. The Balaban J connectivity index is 1.80. The minimum atomic E-state index is 0.0913.